The highest BCUT2D eigenvalue weighted by molar-refractivity contribution is 5.99. The van der Waals surface area contributed by atoms with Crippen molar-refractivity contribution in [2.45, 2.75) is 13.0 Å². The molecule has 0 aliphatic heterocycles. The fraction of sp³-hybridized carbons (Fsp3) is 0.143. The summed E-state index contributed by atoms with van der Waals surface area (Å²) >= 11 is 0. The second kappa shape index (κ2) is 4.98. The van der Waals surface area contributed by atoms with Gasteiger partial charge in [-0.15, -0.1) is 0 Å². The van der Waals surface area contributed by atoms with Gasteiger partial charge in [0.1, 0.15) is 0 Å². The van der Waals surface area contributed by atoms with Crippen LogP contribution in [-0.2, 0) is 0 Å². The normalized spacial score (nSPS) is 12.1. The van der Waals surface area contributed by atoms with Crippen molar-refractivity contribution in [3.63, 3.8) is 0 Å². The average Bonchev–Trinajstić information content (AvgIpc) is 2.39. The second-order valence-corrected chi connectivity index (χ2v) is 4.03. The molecule has 3 N–H and O–H groups in total. The number of nitrogens with two attached hydrogens (primary N) is 1. The highest BCUT2D eigenvalue weighted by atomic mass is 16.3. The zero-order valence-electron chi connectivity index (χ0n) is 10.00. The van der Waals surface area contributed by atoms with E-state index in [4.69, 9.17) is 5.73 Å². The molecule has 0 fully saturated rings. The van der Waals surface area contributed by atoms with Gasteiger partial charge in [-0.25, -0.2) is 0 Å². The molecular formula is C14H14N2O2. The molecule has 18 heavy (non-hydrogen) atoms. The molecule has 0 aliphatic rings. The Morgan fingerprint density at radius 3 is 2.61 bits per heavy atom. The van der Waals surface area contributed by atoms with Crippen molar-refractivity contribution in [1.29, 1.82) is 0 Å². The molecule has 4 heteroatoms. The predicted octanol–water partition coefficient (Wildman–Crippen LogP) is 1.90. The van der Waals surface area contributed by atoms with Gasteiger partial charge in [0.2, 0.25) is 5.91 Å². The van der Waals surface area contributed by atoms with Crippen LogP contribution in [0.15, 0.2) is 42.5 Å². The van der Waals surface area contributed by atoms with E-state index < -0.39 is 12.0 Å². The highest BCUT2D eigenvalue weighted by Gasteiger charge is 2.11. The highest BCUT2D eigenvalue weighted by Crippen LogP contribution is 2.23. The van der Waals surface area contributed by atoms with Crippen LogP contribution in [0.4, 0.5) is 0 Å². The largest absolute Gasteiger partial charge is 0.387 e. The summed E-state index contributed by atoms with van der Waals surface area (Å²) in [6, 6.07) is 12.3. The number of amides is 1. The number of carbonyl (C=O) groups is 1. The summed E-state index contributed by atoms with van der Waals surface area (Å²) in [4.78, 5) is 15.7. The van der Waals surface area contributed by atoms with E-state index in [9.17, 15) is 9.90 Å². The molecule has 1 aromatic heterocycles. The number of aliphatic hydroxyl groups is 1. The number of aliphatic hydroxyl groups excluding tert-OH is 1. The van der Waals surface area contributed by atoms with Crippen molar-refractivity contribution in [2.75, 3.05) is 0 Å². The van der Waals surface area contributed by atoms with E-state index in [0.29, 0.717) is 22.5 Å². The molecule has 1 atom stereocenters. The summed E-state index contributed by atoms with van der Waals surface area (Å²) < 4.78 is 0. The summed E-state index contributed by atoms with van der Waals surface area (Å²) in [6.07, 6.45) is -0.648. The maximum absolute atomic E-state index is 11.4. The molecule has 1 heterocycles. The van der Waals surface area contributed by atoms with Crippen molar-refractivity contribution in [2.24, 2.45) is 5.73 Å². The Balaban J connectivity index is 2.55. The van der Waals surface area contributed by atoms with Gasteiger partial charge in [-0.2, -0.15) is 0 Å². The van der Waals surface area contributed by atoms with Crippen LogP contribution >= 0.6 is 0 Å². The Hall–Kier alpha value is -2.20. The summed E-state index contributed by atoms with van der Waals surface area (Å²) in [5.74, 6) is -0.491. The van der Waals surface area contributed by atoms with Gasteiger partial charge >= 0.3 is 0 Å². The average molecular weight is 242 g/mol. The molecule has 0 bridgehead atoms. The Morgan fingerprint density at radius 1 is 1.22 bits per heavy atom. The minimum atomic E-state index is -0.648. The topological polar surface area (TPSA) is 76.2 Å². The molecule has 0 saturated heterocycles. The van der Waals surface area contributed by atoms with E-state index in [1.54, 1.807) is 43.3 Å². The Kier molecular flexibility index (Phi) is 3.39. The lowest BCUT2D eigenvalue weighted by atomic mass is 10.0. The molecule has 0 radical (unpaired) electrons. The molecule has 0 aliphatic carbocycles. The van der Waals surface area contributed by atoms with Crippen molar-refractivity contribution in [1.82, 2.24) is 4.98 Å². The number of primary amides is 1. The van der Waals surface area contributed by atoms with Gasteiger partial charge in [0.05, 0.1) is 17.5 Å². The minimum absolute atomic E-state index is 0.424. The number of pyridine rings is 1. The number of hydrogen-bond donors (Lipinski definition) is 2. The van der Waals surface area contributed by atoms with Crippen LogP contribution in [0.3, 0.4) is 0 Å². The smallest absolute Gasteiger partial charge is 0.249 e. The lowest BCUT2D eigenvalue weighted by molar-refractivity contribution is 0.100. The molecule has 1 amide bonds. The van der Waals surface area contributed by atoms with Crippen LogP contribution < -0.4 is 5.73 Å². The van der Waals surface area contributed by atoms with Crippen LogP contribution in [0.25, 0.3) is 11.3 Å². The van der Waals surface area contributed by atoms with Crippen molar-refractivity contribution >= 4 is 5.91 Å². The summed E-state index contributed by atoms with van der Waals surface area (Å²) in [6.45, 7) is 1.64. The van der Waals surface area contributed by atoms with Gasteiger partial charge in [-0.05, 0) is 25.1 Å². The molecule has 0 spiro atoms. The van der Waals surface area contributed by atoms with Crippen LogP contribution in [0.2, 0.25) is 0 Å². The zero-order chi connectivity index (χ0) is 13.1. The van der Waals surface area contributed by atoms with E-state index >= 15 is 0 Å². The van der Waals surface area contributed by atoms with Crippen LogP contribution in [0.5, 0.6) is 0 Å². The first-order valence-corrected chi connectivity index (χ1v) is 5.64. The predicted molar refractivity (Wildman–Crippen MR) is 68.8 cm³/mol. The lowest BCUT2D eigenvalue weighted by Gasteiger charge is -2.09. The summed E-state index contributed by atoms with van der Waals surface area (Å²) in [5, 5.41) is 9.52. The molecule has 1 aromatic carbocycles. The maximum Gasteiger partial charge on any atom is 0.249 e. The second-order valence-electron chi connectivity index (χ2n) is 4.03. The molecule has 0 unspecified atom stereocenters. The van der Waals surface area contributed by atoms with Gasteiger partial charge in [-0.3, -0.25) is 9.78 Å². The third kappa shape index (κ3) is 2.38. The third-order valence-electron chi connectivity index (χ3n) is 2.67. The Labute approximate surface area is 105 Å². The first-order valence-electron chi connectivity index (χ1n) is 5.64. The van der Waals surface area contributed by atoms with E-state index in [1.807, 2.05) is 6.07 Å². The van der Waals surface area contributed by atoms with Crippen molar-refractivity contribution in [3.05, 3.63) is 53.7 Å². The molecule has 92 valence electrons. The number of nitrogens with zero attached hydrogens (tertiary/aromatic N) is 1. The quantitative estimate of drug-likeness (QED) is 0.863. The van der Waals surface area contributed by atoms with Gasteiger partial charge < -0.3 is 10.8 Å². The maximum atomic E-state index is 11.4. The van der Waals surface area contributed by atoms with Crippen molar-refractivity contribution in [3.8, 4) is 11.3 Å². The molecular weight excluding hydrogens is 228 g/mol. The van der Waals surface area contributed by atoms with Gasteiger partial charge in [0, 0.05) is 11.1 Å². The number of hydrogen-bond acceptors (Lipinski definition) is 3. The SMILES string of the molecule is C[C@H](O)c1cccc(-c2ccccc2C(N)=O)n1. The first-order chi connectivity index (χ1) is 8.59. The number of benzene rings is 1. The fourth-order valence-corrected chi connectivity index (χ4v) is 1.76. The summed E-state index contributed by atoms with van der Waals surface area (Å²) in [7, 11) is 0. The monoisotopic (exact) mass is 242 g/mol. The molecule has 4 nitrogen and oxygen atoms in total. The Bertz CT molecular complexity index is 580. The number of rotatable bonds is 3. The number of aromatic nitrogens is 1. The third-order valence-corrected chi connectivity index (χ3v) is 2.67. The molecule has 0 saturated carbocycles. The van der Waals surface area contributed by atoms with Gasteiger partial charge in [-0.1, -0.05) is 24.3 Å². The van der Waals surface area contributed by atoms with Gasteiger partial charge in [0.15, 0.2) is 0 Å². The van der Waals surface area contributed by atoms with Crippen molar-refractivity contribution < 1.29 is 9.90 Å². The summed E-state index contributed by atoms with van der Waals surface area (Å²) in [5.41, 5.74) is 7.62. The van der Waals surface area contributed by atoms with E-state index in [0.717, 1.165) is 0 Å². The first kappa shape index (κ1) is 12.3. The van der Waals surface area contributed by atoms with Crippen LogP contribution in [0.1, 0.15) is 29.1 Å². The fourth-order valence-electron chi connectivity index (χ4n) is 1.76. The molecule has 2 aromatic rings. The van der Waals surface area contributed by atoms with Crippen LogP contribution in [-0.4, -0.2) is 16.0 Å². The lowest BCUT2D eigenvalue weighted by Crippen LogP contribution is -2.12. The molecule has 2 rings (SSSR count). The van der Waals surface area contributed by atoms with Crippen LogP contribution in [0, 0.1) is 0 Å². The Morgan fingerprint density at radius 2 is 1.94 bits per heavy atom. The zero-order valence-corrected chi connectivity index (χ0v) is 10.00. The van der Waals surface area contributed by atoms with E-state index in [1.165, 1.54) is 0 Å². The minimum Gasteiger partial charge on any atom is -0.387 e. The van der Waals surface area contributed by atoms with E-state index in [2.05, 4.69) is 4.98 Å². The standard InChI is InChI=1S/C14H14N2O2/c1-9(17)12-7-4-8-13(16-12)10-5-2-3-6-11(10)14(15)18/h2-9,17H,1H3,(H2,15,18)/t9-/m0/s1. The van der Waals surface area contributed by atoms with Gasteiger partial charge in [0.25, 0.3) is 0 Å². The van der Waals surface area contributed by atoms with E-state index in [-0.39, 0.29) is 0 Å². The number of carbonyl (C=O) groups excluding carboxylic acids is 1.